The van der Waals surface area contributed by atoms with Gasteiger partial charge in [-0.1, -0.05) is 12.6 Å². The molecule has 0 aliphatic carbocycles. The number of ether oxygens (including phenoxy) is 1. The van der Waals surface area contributed by atoms with Crippen LogP contribution in [0.15, 0.2) is 42.7 Å². The van der Waals surface area contributed by atoms with Crippen molar-refractivity contribution in [1.82, 2.24) is 9.78 Å². The van der Waals surface area contributed by atoms with E-state index in [0.29, 0.717) is 12.8 Å². The van der Waals surface area contributed by atoms with Crippen molar-refractivity contribution in [2.45, 2.75) is 12.8 Å². The SMILES string of the molecule is C=C(CCC=O)COc1ccc(-c2cnn(C)c2)cc1F. The Bertz CT molecular complexity index is 649. The number of aromatic nitrogens is 2. The minimum Gasteiger partial charge on any atom is -0.486 e. The molecule has 0 aliphatic rings. The summed E-state index contributed by atoms with van der Waals surface area (Å²) in [5.74, 6) is -0.255. The second-order valence-electron chi connectivity index (χ2n) is 4.79. The number of nitrogens with zero attached hydrogens (tertiary/aromatic N) is 2. The van der Waals surface area contributed by atoms with E-state index in [1.807, 2.05) is 13.2 Å². The van der Waals surface area contributed by atoms with Crippen molar-refractivity contribution in [2.24, 2.45) is 7.05 Å². The van der Waals surface area contributed by atoms with Gasteiger partial charge in [-0.25, -0.2) is 4.39 Å². The molecule has 0 spiro atoms. The molecule has 0 atom stereocenters. The van der Waals surface area contributed by atoms with Crippen molar-refractivity contribution >= 4 is 6.29 Å². The number of aldehydes is 1. The van der Waals surface area contributed by atoms with Crippen LogP contribution in [0.2, 0.25) is 0 Å². The molecule has 0 bridgehead atoms. The molecule has 0 saturated carbocycles. The zero-order valence-electron chi connectivity index (χ0n) is 11.9. The first-order chi connectivity index (χ1) is 10.1. The Balaban J connectivity index is 2.02. The van der Waals surface area contributed by atoms with Crippen LogP contribution in [-0.2, 0) is 11.8 Å². The third-order valence-corrected chi connectivity index (χ3v) is 3.02. The van der Waals surface area contributed by atoms with Crippen molar-refractivity contribution in [2.75, 3.05) is 6.61 Å². The Morgan fingerprint density at radius 2 is 2.29 bits per heavy atom. The number of benzene rings is 1. The first-order valence-electron chi connectivity index (χ1n) is 6.62. The Morgan fingerprint density at radius 1 is 1.48 bits per heavy atom. The molecule has 110 valence electrons. The first-order valence-corrected chi connectivity index (χ1v) is 6.62. The topological polar surface area (TPSA) is 44.1 Å². The minimum absolute atomic E-state index is 0.176. The number of carbonyl (C=O) groups excluding carboxylic acids is 1. The lowest BCUT2D eigenvalue weighted by Crippen LogP contribution is -2.02. The molecule has 0 saturated heterocycles. The molecular weight excluding hydrogens is 271 g/mol. The Labute approximate surface area is 122 Å². The van der Waals surface area contributed by atoms with E-state index in [0.717, 1.165) is 23.0 Å². The van der Waals surface area contributed by atoms with E-state index in [1.54, 1.807) is 23.0 Å². The first kappa shape index (κ1) is 15.0. The van der Waals surface area contributed by atoms with E-state index in [2.05, 4.69) is 11.7 Å². The van der Waals surface area contributed by atoms with Crippen molar-refractivity contribution in [1.29, 1.82) is 0 Å². The summed E-state index contributed by atoms with van der Waals surface area (Å²) in [5, 5.41) is 4.06. The summed E-state index contributed by atoms with van der Waals surface area (Å²) < 4.78 is 21.0. The number of rotatable bonds is 7. The lowest BCUT2D eigenvalue weighted by atomic mass is 10.1. The minimum atomic E-state index is -0.431. The lowest BCUT2D eigenvalue weighted by Gasteiger charge is -2.09. The highest BCUT2D eigenvalue weighted by Gasteiger charge is 2.08. The molecule has 2 aromatic rings. The van der Waals surface area contributed by atoms with Gasteiger partial charge in [0.15, 0.2) is 11.6 Å². The zero-order chi connectivity index (χ0) is 15.2. The number of hydrogen-bond acceptors (Lipinski definition) is 3. The molecular formula is C16H17FN2O2. The van der Waals surface area contributed by atoms with E-state index in [1.165, 1.54) is 6.07 Å². The average Bonchev–Trinajstić information content (AvgIpc) is 2.90. The molecule has 5 heteroatoms. The molecule has 21 heavy (non-hydrogen) atoms. The second-order valence-corrected chi connectivity index (χ2v) is 4.79. The van der Waals surface area contributed by atoms with Crippen LogP contribution in [0.5, 0.6) is 5.75 Å². The fourth-order valence-corrected chi connectivity index (χ4v) is 1.88. The van der Waals surface area contributed by atoms with Crippen molar-refractivity contribution < 1.29 is 13.9 Å². The van der Waals surface area contributed by atoms with Crippen LogP contribution in [0, 0.1) is 5.82 Å². The van der Waals surface area contributed by atoms with Gasteiger partial charge in [-0.3, -0.25) is 4.68 Å². The number of aryl methyl sites for hydroxylation is 1. The van der Waals surface area contributed by atoms with Gasteiger partial charge in [-0.15, -0.1) is 0 Å². The van der Waals surface area contributed by atoms with E-state index < -0.39 is 5.82 Å². The van der Waals surface area contributed by atoms with Crippen LogP contribution < -0.4 is 4.74 Å². The molecule has 4 nitrogen and oxygen atoms in total. The van der Waals surface area contributed by atoms with Gasteiger partial charge in [0.25, 0.3) is 0 Å². The summed E-state index contributed by atoms with van der Waals surface area (Å²) >= 11 is 0. The molecule has 1 heterocycles. The monoisotopic (exact) mass is 288 g/mol. The zero-order valence-corrected chi connectivity index (χ0v) is 11.9. The predicted octanol–water partition coefficient (Wildman–Crippen LogP) is 3.14. The summed E-state index contributed by atoms with van der Waals surface area (Å²) in [5.41, 5.74) is 2.35. The predicted molar refractivity (Wildman–Crippen MR) is 78.5 cm³/mol. The number of hydrogen-bond donors (Lipinski definition) is 0. The standard InChI is InChI=1S/C16H17FN2O2/c1-12(4-3-7-20)11-21-16-6-5-13(8-15(16)17)14-9-18-19(2)10-14/h5-10H,1,3-4,11H2,2H3. The summed E-state index contributed by atoms with van der Waals surface area (Å²) in [4.78, 5) is 10.3. The van der Waals surface area contributed by atoms with Crippen molar-refractivity contribution in [3.8, 4) is 16.9 Å². The fourth-order valence-electron chi connectivity index (χ4n) is 1.88. The van der Waals surface area contributed by atoms with Crippen LogP contribution in [0.25, 0.3) is 11.1 Å². The third-order valence-electron chi connectivity index (χ3n) is 3.02. The van der Waals surface area contributed by atoms with Crippen LogP contribution in [0.4, 0.5) is 4.39 Å². The highest BCUT2D eigenvalue weighted by molar-refractivity contribution is 5.62. The molecule has 1 aromatic carbocycles. The summed E-state index contributed by atoms with van der Waals surface area (Å²) in [7, 11) is 1.81. The van der Waals surface area contributed by atoms with E-state index in [4.69, 9.17) is 4.74 Å². The molecule has 0 radical (unpaired) electrons. The quantitative estimate of drug-likeness (QED) is 0.580. The summed E-state index contributed by atoms with van der Waals surface area (Å²) in [6.07, 6.45) is 5.28. The normalized spacial score (nSPS) is 10.4. The maximum Gasteiger partial charge on any atom is 0.165 e. The highest BCUT2D eigenvalue weighted by Crippen LogP contribution is 2.25. The van der Waals surface area contributed by atoms with Gasteiger partial charge < -0.3 is 9.53 Å². The van der Waals surface area contributed by atoms with Gasteiger partial charge in [0.05, 0.1) is 6.20 Å². The van der Waals surface area contributed by atoms with Crippen LogP contribution in [-0.4, -0.2) is 22.7 Å². The van der Waals surface area contributed by atoms with Gasteiger partial charge in [0.2, 0.25) is 0 Å². The van der Waals surface area contributed by atoms with Crippen molar-refractivity contribution in [3.05, 3.63) is 48.6 Å². The van der Waals surface area contributed by atoms with Gasteiger partial charge >= 0.3 is 0 Å². The molecule has 2 rings (SSSR count). The fraction of sp³-hybridized carbons (Fsp3) is 0.250. The van der Waals surface area contributed by atoms with Gasteiger partial charge in [0.1, 0.15) is 12.9 Å². The largest absolute Gasteiger partial charge is 0.486 e. The molecule has 1 aromatic heterocycles. The number of halogens is 1. The Morgan fingerprint density at radius 3 is 2.90 bits per heavy atom. The highest BCUT2D eigenvalue weighted by atomic mass is 19.1. The molecule has 0 N–H and O–H groups in total. The third kappa shape index (κ3) is 4.02. The molecule has 0 fully saturated rings. The Hall–Kier alpha value is -2.43. The van der Waals surface area contributed by atoms with Crippen LogP contribution in [0.1, 0.15) is 12.8 Å². The van der Waals surface area contributed by atoms with E-state index in [9.17, 15) is 9.18 Å². The number of carbonyl (C=O) groups is 1. The maximum absolute atomic E-state index is 14.0. The van der Waals surface area contributed by atoms with Gasteiger partial charge in [-0.2, -0.15) is 5.10 Å². The van der Waals surface area contributed by atoms with Crippen LogP contribution in [0.3, 0.4) is 0 Å². The summed E-state index contributed by atoms with van der Waals surface area (Å²) in [6, 6.07) is 4.79. The summed E-state index contributed by atoms with van der Waals surface area (Å²) in [6.45, 7) is 3.99. The van der Waals surface area contributed by atoms with Crippen molar-refractivity contribution in [3.63, 3.8) is 0 Å². The van der Waals surface area contributed by atoms with Gasteiger partial charge in [0, 0.05) is 25.2 Å². The smallest absolute Gasteiger partial charge is 0.165 e. The molecule has 0 amide bonds. The molecule has 0 aliphatic heterocycles. The van der Waals surface area contributed by atoms with E-state index >= 15 is 0 Å². The van der Waals surface area contributed by atoms with Crippen LogP contribution >= 0.6 is 0 Å². The van der Waals surface area contributed by atoms with Gasteiger partial charge in [-0.05, 0) is 29.7 Å². The van der Waals surface area contributed by atoms with E-state index in [-0.39, 0.29) is 12.4 Å². The second kappa shape index (κ2) is 6.83. The Kier molecular flexibility index (Phi) is 4.87. The molecule has 0 unspecified atom stereocenters. The average molecular weight is 288 g/mol. The lowest BCUT2D eigenvalue weighted by molar-refractivity contribution is -0.107. The maximum atomic E-state index is 14.0.